The molecule has 1 nitrogen and oxygen atoms in total. The van der Waals surface area contributed by atoms with Gasteiger partial charge in [0, 0.05) is 23.2 Å². The Kier molecular flexibility index (Phi) is 3.26. The highest BCUT2D eigenvalue weighted by Crippen LogP contribution is 2.29. The van der Waals surface area contributed by atoms with Gasteiger partial charge in [0.1, 0.15) is 0 Å². The summed E-state index contributed by atoms with van der Waals surface area (Å²) in [6.07, 6.45) is 2.05. The molecule has 0 aliphatic heterocycles. The number of aryl methyl sites for hydroxylation is 1. The van der Waals surface area contributed by atoms with Gasteiger partial charge in [0.2, 0.25) is 0 Å². The predicted octanol–water partition coefficient (Wildman–Crippen LogP) is 5.30. The lowest BCUT2D eigenvalue weighted by molar-refractivity contribution is 0.836. The van der Waals surface area contributed by atoms with Crippen molar-refractivity contribution in [3.05, 3.63) is 69.8 Å². The molecule has 1 heterocycles. The molecule has 0 aliphatic rings. The SMILES string of the molecule is Cc1ccc(Cn2ccc3c(Cl)cc(Cl)cc32)cc1. The van der Waals surface area contributed by atoms with E-state index >= 15 is 0 Å². The number of aromatic nitrogens is 1. The van der Waals surface area contributed by atoms with Crippen molar-refractivity contribution in [1.82, 2.24) is 4.57 Å². The van der Waals surface area contributed by atoms with E-state index < -0.39 is 0 Å². The molecule has 0 aliphatic carbocycles. The molecule has 0 bridgehead atoms. The molecule has 0 radical (unpaired) electrons. The summed E-state index contributed by atoms with van der Waals surface area (Å²) >= 11 is 12.3. The maximum absolute atomic E-state index is 6.20. The normalized spacial score (nSPS) is 11.1. The molecule has 0 N–H and O–H groups in total. The fourth-order valence-corrected chi connectivity index (χ4v) is 2.79. The summed E-state index contributed by atoms with van der Waals surface area (Å²) in [5.41, 5.74) is 3.60. The number of fused-ring (bicyclic) bond motifs is 1. The van der Waals surface area contributed by atoms with Crippen LogP contribution >= 0.6 is 23.2 Å². The van der Waals surface area contributed by atoms with E-state index in [0.29, 0.717) is 10.0 Å². The second-order valence-corrected chi connectivity index (χ2v) is 5.59. The minimum Gasteiger partial charge on any atom is -0.343 e. The molecular weight excluding hydrogens is 277 g/mol. The molecule has 96 valence electrons. The fraction of sp³-hybridized carbons (Fsp3) is 0.125. The minimum absolute atomic E-state index is 0.668. The molecule has 1 aromatic heterocycles. The van der Waals surface area contributed by atoms with Crippen molar-refractivity contribution in [3.8, 4) is 0 Å². The van der Waals surface area contributed by atoms with Crippen molar-refractivity contribution in [3.63, 3.8) is 0 Å². The van der Waals surface area contributed by atoms with Crippen LogP contribution in [0.1, 0.15) is 11.1 Å². The lowest BCUT2D eigenvalue weighted by Gasteiger charge is -2.07. The Morgan fingerprint density at radius 2 is 1.74 bits per heavy atom. The Hall–Kier alpha value is -1.44. The Morgan fingerprint density at radius 3 is 2.47 bits per heavy atom. The second kappa shape index (κ2) is 4.92. The standard InChI is InChI=1S/C16H13Cl2N/c1-11-2-4-12(5-3-11)10-19-7-6-14-15(18)8-13(17)9-16(14)19/h2-9H,10H2,1H3. The summed E-state index contributed by atoms with van der Waals surface area (Å²) in [5, 5.41) is 2.41. The van der Waals surface area contributed by atoms with Gasteiger partial charge >= 0.3 is 0 Å². The van der Waals surface area contributed by atoms with Gasteiger partial charge in [0.05, 0.1) is 10.5 Å². The van der Waals surface area contributed by atoms with Gasteiger partial charge in [0.25, 0.3) is 0 Å². The first-order valence-electron chi connectivity index (χ1n) is 6.13. The molecular formula is C16H13Cl2N. The average molecular weight is 290 g/mol. The van der Waals surface area contributed by atoms with E-state index in [0.717, 1.165) is 17.4 Å². The summed E-state index contributed by atoms with van der Waals surface area (Å²) in [7, 11) is 0. The van der Waals surface area contributed by atoms with Gasteiger partial charge in [0.15, 0.2) is 0 Å². The van der Waals surface area contributed by atoms with Crippen LogP contribution in [0.2, 0.25) is 10.0 Å². The van der Waals surface area contributed by atoms with Gasteiger partial charge in [-0.25, -0.2) is 0 Å². The number of hydrogen-bond donors (Lipinski definition) is 0. The highest BCUT2D eigenvalue weighted by molar-refractivity contribution is 6.38. The smallest absolute Gasteiger partial charge is 0.0514 e. The third kappa shape index (κ3) is 2.49. The molecule has 0 fully saturated rings. The van der Waals surface area contributed by atoms with E-state index in [1.807, 2.05) is 18.3 Å². The van der Waals surface area contributed by atoms with E-state index in [1.54, 1.807) is 6.07 Å². The van der Waals surface area contributed by atoms with Crippen LogP contribution in [-0.2, 0) is 6.54 Å². The molecule has 2 aromatic carbocycles. The molecule has 0 amide bonds. The minimum atomic E-state index is 0.668. The van der Waals surface area contributed by atoms with Gasteiger partial charge in [-0.2, -0.15) is 0 Å². The molecule has 0 spiro atoms. The van der Waals surface area contributed by atoms with Crippen molar-refractivity contribution >= 4 is 34.1 Å². The summed E-state index contributed by atoms with van der Waals surface area (Å²) in [6, 6.07) is 14.3. The zero-order valence-electron chi connectivity index (χ0n) is 10.5. The van der Waals surface area contributed by atoms with Crippen LogP contribution in [0.3, 0.4) is 0 Å². The molecule has 19 heavy (non-hydrogen) atoms. The van der Waals surface area contributed by atoms with Gasteiger partial charge in [-0.15, -0.1) is 0 Å². The number of hydrogen-bond acceptors (Lipinski definition) is 0. The van der Waals surface area contributed by atoms with Crippen LogP contribution < -0.4 is 0 Å². The van der Waals surface area contributed by atoms with E-state index in [9.17, 15) is 0 Å². The largest absolute Gasteiger partial charge is 0.343 e. The molecule has 0 atom stereocenters. The van der Waals surface area contributed by atoms with E-state index in [4.69, 9.17) is 23.2 Å². The van der Waals surface area contributed by atoms with Gasteiger partial charge in [-0.05, 0) is 30.7 Å². The first kappa shape index (κ1) is 12.6. The van der Waals surface area contributed by atoms with Crippen LogP contribution in [-0.4, -0.2) is 4.57 Å². The van der Waals surface area contributed by atoms with Crippen molar-refractivity contribution in [2.24, 2.45) is 0 Å². The van der Waals surface area contributed by atoms with E-state index in [-0.39, 0.29) is 0 Å². The Labute approximate surface area is 122 Å². The van der Waals surface area contributed by atoms with E-state index in [1.165, 1.54) is 11.1 Å². The fourth-order valence-electron chi connectivity index (χ4n) is 2.25. The second-order valence-electron chi connectivity index (χ2n) is 4.75. The summed E-state index contributed by atoms with van der Waals surface area (Å²) < 4.78 is 2.16. The summed E-state index contributed by atoms with van der Waals surface area (Å²) in [6.45, 7) is 2.91. The third-order valence-electron chi connectivity index (χ3n) is 3.28. The van der Waals surface area contributed by atoms with Crippen LogP contribution in [0.5, 0.6) is 0 Å². The quantitative estimate of drug-likeness (QED) is 0.603. The van der Waals surface area contributed by atoms with Crippen molar-refractivity contribution in [2.45, 2.75) is 13.5 Å². The van der Waals surface area contributed by atoms with Crippen molar-refractivity contribution in [2.75, 3.05) is 0 Å². The topological polar surface area (TPSA) is 4.93 Å². The number of nitrogens with zero attached hydrogens (tertiary/aromatic N) is 1. The highest BCUT2D eigenvalue weighted by atomic mass is 35.5. The number of halogens is 2. The Bertz CT molecular complexity index is 726. The number of rotatable bonds is 2. The highest BCUT2D eigenvalue weighted by Gasteiger charge is 2.06. The molecule has 0 saturated heterocycles. The van der Waals surface area contributed by atoms with Crippen LogP contribution in [0.15, 0.2) is 48.7 Å². The molecule has 3 aromatic rings. The molecule has 0 saturated carbocycles. The first-order valence-corrected chi connectivity index (χ1v) is 6.88. The van der Waals surface area contributed by atoms with Crippen LogP contribution in [0, 0.1) is 6.92 Å². The van der Waals surface area contributed by atoms with Gasteiger partial charge in [-0.1, -0.05) is 53.0 Å². The Morgan fingerprint density at radius 1 is 1.00 bits per heavy atom. The zero-order valence-corrected chi connectivity index (χ0v) is 12.0. The molecule has 3 heteroatoms. The predicted molar refractivity (Wildman–Crippen MR) is 82.2 cm³/mol. The lowest BCUT2D eigenvalue weighted by Crippen LogP contribution is -1.97. The van der Waals surface area contributed by atoms with Crippen LogP contribution in [0.25, 0.3) is 10.9 Å². The Balaban J connectivity index is 2.03. The van der Waals surface area contributed by atoms with Crippen molar-refractivity contribution < 1.29 is 0 Å². The third-order valence-corrected chi connectivity index (χ3v) is 3.81. The van der Waals surface area contributed by atoms with Gasteiger partial charge in [-0.3, -0.25) is 0 Å². The summed E-state index contributed by atoms with van der Waals surface area (Å²) in [5.74, 6) is 0. The average Bonchev–Trinajstić information content (AvgIpc) is 2.76. The number of benzene rings is 2. The first-order chi connectivity index (χ1) is 9.13. The summed E-state index contributed by atoms with van der Waals surface area (Å²) in [4.78, 5) is 0. The van der Waals surface area contributed by atoms with Gasteiger partial charge < -0.3 is 4.57 Å². The zero-order chi connectivity index (χ0) is 13.4. The van der Waals surface area contributed by atoms with E-state index in [2.05, 4.69) is 35.8 Å². The maximum atomic E-state index is 6.20. The van der Waals surface area contributed by atoms with Crippen LogP contribution in [0.4, 0.5) is 0 Å². The lowest BCUT2D eigenvalue weighted by atomic mass is 10.1. The maximum Gasteiger partial charge on any atom is 0.0514 e. The molecule has 0 unspecified atom stereocenters. The monoisotopic (exact) mass is 289 g/mol. The van der Waals surface area contributed by atoms with Crippen molar-refractivity contribution in [1.29, 1.82) is 0 Å². The molecule has 3 rings (SSSR count).